The number of carbonyl (C=O) groups is 1. The van der Waals surface area contributed by atoms with Crippen LogP contribution in [0, 0.1) is 0 Å². The Morgan fingerprint density at radius 1 is 1.07 bits per heavy atom. The second-order valence-corrected chi connectivity index (χ2v) is 7.04. The third-order valence-corrected chi connectivity index (χ3v) is 5.60. The van der Waals surface area contributed by atoms with Crippen molar-refractivity contribution in [3.63, 3.8) is 0 Å². The van der Waals surface area contributed by atoms with Gasteiger partial charge in [0.05, 0.1) is 16.6 Å². The number of hydrogen-bond donors (Lipinski definition) is 3. The zero-order valence-electron chi connectivity index (χ0n) is 14.6. The first-order chi connectivity index (χ1) is 13.2. The Balaban J connectivity index is 1.63. The highest BCUT2D eigenvalue weighted by Crippen LogP contribution is 2.44. The molecule has 0 radical (unpaired) electrons. The van der Waals surface area contributed by atoms with Gasteiger partial charge < -0.3 is 5.73 Å². The van der Waals surface area contributed by atoms with Crippen LogP contribution < -0.4 is 5.73 Å². The molecule has 0 unspecified atom stereocenters. The number of aromatic nitrogens is 5. The molecule has 2 aromatic heterocycles. The van der Waals surface area contributed by atoms with Gasteiger partial charge in [-0.2, -0.15) is 10.2 Å². The Morgan fingerprint density at radius 3 is 2.67 bits per heavy atom. The average molecular weight is 358 g/mol. The van der Waals surface area contributed by atoms with Crippen LogP contribution >= 0.6 is 0 Å². The number of aromatic amines is 2. The largest absolute Gasteiger partial charge is 0.369 e. The van der Waals surface area contributed by atoms with E-state index in [0.29, 0.717) is 5.82 Å². The summed E-state index contributed by atoms with van der Waals surface area (Å²) in [5.74, 6) is 0.393. The molecular formula is C20H18N6O. The monoisotopic (exact) mass is 358 g/mol. The number of hydrogen-bond acceptors (Lipinski definition) is 4. The second kappa shape index (κ2) is 5.77. The summed E-state index contributed by atoms with van der Waals surface area (Å²) in [5.41, 5.74) is 9.80. The molecule has 134 valence electrons. The van der Waals surface area contributed by atoms with Gasteiger partial charge in [0, 0.05) is 16.5 Å². The molecule has 0 atom stereocenters. The highest BCUT2D eigenvalue weighted by Gasteiger charge is 2.44. The van der Waals surface area contributed by atoms with Crippen molar-refractivity contribution in [1.29, 1.82) is 0 Å². The molecule has 1 aliphatic carbocycles. The van der Waals surface area contributed by atoms with Gasteiger partial charge in [-0.25, -0.2) is 4.98 Å². The first kappa shape index (κ1) is 15.7. The Morgan fingerprint density at radius 2 is 1.96 bits per heavy atom. The number of nitrogens with zero attached hydrogens (tertiary/aromatic N) is 3. The minimum absolute atomic E-state index is 0.246. The molecule has 0 aliphatic heterocycles. The van der Waals surface area contributed by atoms with Crippen LogP contribution in [-0.4, -0.2) is 31.3 Å². The maximum Gasteiger partial charge on any atom is 0.228 e. The van der Waals surface area contributed by atoms with Gasteiger partial charge in [0.25, 0.3) is 0 Å². The molecule has 1 saturated carbocycles. The van der Waals surface area contributed by atoms with E-state index in [1.165, 1.54) is 0 Å². The number of carbonyl (C=O) groups excluding carboxylic acids is 1. The predicted molar refractivity (Wildman–Crippen MR) is 102 cm³/mol. The molecule has 2 heterocycles. The zero-order chi connectivity index (χ0) is 18.4. The summed E-state index contributed by atoms with van der Waals surface area (Å²) in [5, 5.41) is 15.5. The first-order valence-electron chi connectivity index (χ1n) is 8.92. The number of amides is 1. The van der Waals surface area contributed by atoms with Gasteiger partial charge in [-0.3, -0.25) is 15.0 Å². The van der Waals surface area contributed by atoms with Crippen molar-refractivity contribution in [2.45, 2.75) is 24.7 Å². The Hall–Kier alpha value is -3.48. The minimum atomic E-state index is -0.535. The van der Waals surface area contributed by atoms with Crippen LogP contribution in [0.4, 0.5) is 0 Å². The normalized spacial score (nSPS) is 15.6. The number of rotatable bonds is 4. The van der Waals surface area contributed by atoms with Crippen LogP contribution in [0.15, 0.2) is 48.8 Å². The van der Waals surface area contributed by atoms with Crippen LogP contribution in [0.1, 0.15) is 24.8 Å². The number of benzene rings is 2. The predicted octanol–water partition coefficient (Wildman–Crippen LogP) is 2.92. The number of H-pyrrole nitrogens is 2. The summed E-state index contributed by atoms with van der Waals surface area (Å²) >= 11 is 0. The minimum Gasteiger partial charge on any atom is -0.369 e. The first-order valence-corrected chi connectivity index (χ1v) is 8.92. The van der Waals surface area contributed by atoms with Gasteiger partial charge in [-0.1, -0.05) is 24.6 Å². The van der Waals surface area contributed by atoms with Gasteiger partial charge in [0.1, 0.15) is 6.33 Å². The van der Waals surface area contributed by atoms with E-state index < -0.39 is 5.41 Å². The van der Waals surface area contributed by atoms with Crippen LogP contribution in [0.2, 0.25) is 0 Å². The van der Waals surface area contributed by atoms with E-state index in [9.17, 15) is 4.79 Å². The lowest BCUT2D eigenvalue weighted by Crippen LogP contribution is -2.46. The maximum atomic E-state index is 12.1. The van der Waals surface area contributed by atoms with Gasteiger partial charge in [-0.15, -0.1) is 0 Å². The lowest BCUT2D eigenvalue weighted by molar-refractivity contribution is -0.126. The summed E-state index contributed by atoms with van der Waals surface area (Å²) in [6.07, 6.45) is 4.20. The molecule has 7 heteroatoms. The molecule has 7 nitrogen and oxygen atoms in total. The van der Waals surface area contributed by atoms with E-state index in [-0.39, 0.29) is 5.91 Å². The van der Waals surface area contributed by atoms with Gasteiger partial charge in [0.2, 0.25) is 5.91 Å². The molecular weight excluding hydrogens is 340 g/mol. The van der Waals surface area contributed by atoms with E-state index in [2.05, 4.69) is 25.4 Å². The van der Waals surface area contributed by atoms with E-state index >= 15 is 0 Å². The summed E-state index contributed by atoms with van der Waals surface area (Å²) in [7, 11) is 0. The standard InChI is InChI=1S/C20H18N6O/c21-19(27)20(7-2-8-20)14-4-1-3-12(9-14)17-15-10-13(18-22-11-23-26-18)5-6-16(15)24-25-17/h1,3-6,9-11H,2,7-8H2,(H2,21,27)(H,24,25)(H,22,23,26). The number of fused-ring (bicyclic) bond motifs is 1. The van der Waals surface area contributed by atoms with Crippen molar-refractivity contribution in [1.82, 2.24) is 25.4 Å². The molecule has 4 N–H and O–H groups in total. The fourth-order valence-electron chi connectivity index (χ4n) is 3.89. The van der Waals surface area contributed by atoms with Crippen LogP contribution in [0.5, 0.6) is 0 Å². The molecule has 1 aliphatic rings. The van der Waals surface area contributed by atoms with Crippen LogP contribution in [0.25, 0.3) is 33.5 Å². The fourth-order valence-corrected chi connectivity index (χ4v) is 3.89. The number of primary amides is 1. The summed E-state index contributed by atoms with van der Waals surface area (Å²) < 4.78 is 0. The summed E-state index contributed by atoms with van der Waals surface area (Å²) in [6.45, 7) is 0. The maximum absolute atomic E-state index is 12.1. The molecule has 5 rings (SSSR count). The Bertz CT molecular complexity index is 1140. The van der Waals surface area contributed by atoms with Gasteiger partial charge in [0.15, 0.2) is 5.82 Å². The molecule has 0 spiro atoms. The van der Waals surface area contributed by atoms with E-state index in [4.69, 9.17) is 5.73 Å². The van der Waals surface area contributed by atoms with E-state index in [1.54, 1.807) is 6.33 Å². The lowest BCUT2D eigenvalue weighted by atomic mass is 9.64. The molecule has 2 aromatic carbocycles. The molecule has 4 aromatic rings. The fraction of sp³-hybridized carbons (Fsp3) is 0.200. The van der Waals surface area contributed by atoms with E-state index in [0.717, 1.165) is 52.5 Å². The number of nitrogens with one attached hydrogen (secondary N) is 2. The molecule has 0 bridgehead atoms. The van der Waals surface area contributed by atoms with E-state index in [1.807, 2.05) is 42.5 Å². The average Bonchev–Trinajstić information content (AvgIpc) is 3.30. The van der Waals surface area contributed by atoms with Crippen molar-refractivity contribution in [3.05, 3.63) is 54.4 Å². The van der Waals surface area contributed by atoms with Crippen LogP contribution in [-0.2, 0) is 10.2 Å². The van der Waals surface area contributed by atoms with Gasteiger partial charge >= 0.3 is 0 Å². The van der Waals surface area contributed by atoms with Crippen molar-refractivity contribution >= 4 is 16.8 Å². The smallest absolute Gasteiger partial charge is 0.228 e. The van der Waals surface area contributed by atoms with Gasteiger partial charge in [-0.05, 0) is 42.7 Å². The lowest BCUT2D eigenvalue weighted by Gasteiger charge is -2.39. The SMILES string of the molecule is NC(=O)C1(c2cccc(-c3n[nH]c4ccc(-c5nc[nH]n5)cc34)c2)CCC1. The summed E-state index contributed by atoms with van der Waals surface area (Å²) in [4.78, 5) is 16.3. The number of nitrogens with two attached hydrogens (primary N) is 1. The second-order valence-electron chi connectivity index (χ2n) is 7.04. The third-order valence-electron chi connectivity index (χ3n) is 5.60. The zero-order valence-corrected chi connectivity index (χ0v) is 14.6. The summed E-state index contributed by atoms with van der Waals surface area (Å²) in [6, 6.07) is 14.0. The van der Waals surface area contributed by atoms with Crippen molar-refractivity contribution in [2.75, 3.05) is 0 Å². The Labute approximate surface area is 155 Å². The molecule has 1 fully saturated rings. The van der Waals surface area contributed by atoms with Crippen molar-refractivity contribution < 1.29 is 4.79 Å². The third kappa shape index (κ3) is 2.35. The topological polar surface area (TPSA) is 113 Å². The highest BCUT2D eigenvalue weighted by molar-refractivity contribution is 5.96. The Kier molecular flexibility index (Phi) is 3.36. The van der Waals surface area contributed by atoms with Crippen molar-refractivity contribution in [2.24, 2.45) is 5.73 Å². The van der Waals surface area contributed by atoms with Crippen LogP contribution in [0.3, 0.4) is 0 Å². The highest BCUT2D eigenvalue weighted by atomic mass is 16.1. The quantitative estimate of drug-likeness (QED) is 0.520. The molecule has 0 saturated heterocycles. The van der Waals surface area contributed by atoms with Crippen molar-refractivity contribution in [3.8, 4) is 22.6 Å². The molecule has 1 amide bonds. The molecule has 27 heavy (non-hydrogen) atoms.